The monoisotopic (exact) mass is 309 g/mol. The molecule has 0 aromatic carbocycles. The molecule has 0 atom stereocenters. The van der Waals surface area contributed by atoms with E-state index in [4.69, 9.17) is 0 Å². The summed E-state index contributed by atoms with van der Waals surface area (Å²) in [7, 11) is 0. The van der Waals surface area contributed by atoms with E-state index in [1.54, 1.807) is 0 Å². The van der Waals surface area contributed by atoms with Crippen molar-refractivity contribution in [1.29, 1.82) is 0 Å². The van der Waals surface area contributed by atoms with E-state index in [0.29, 0.717) is 0 Å². The van der Waals surface area contributed by atoms with Crippen molar-refractivity contribution < 1.29 is 0 Å². The molecule has 2 aromatic rings. The van der Waals surface area contributed by atoms with Gasteiger partial charge >= 0.3 is 0 Å². The van der Waals surface area contributed by atoms with Gasteiger partial charge in [0, 0.05) is 70.4 Å². The highest BCUT2D eigenvalue weighted by Gasteiger charge is 2.33. The summed E-state index contributed by atoms with van der Waals surface area (Å²) >= 11 is 0. The van der Waals surface area contributed by atoms with E-state index in [1.165, 1.54) is 18.7 Å². The summed E-state index contributed by atoms with van der Waals surface area (Å²) in [6, 6.07) is 11.0. The Labute approximate surface area is 137 Å². The summed E-state index contributed by atoms with van der Waals surface area (Å²) in [4.78, 5) is 16.2. The van der Waals surface area contributed by atoms with Gasteiger partial charge in [-0.2, -0.15) is 0 Å². The summed E-state index contributed by atoms with van der Waals surface area (Å²) in [5.41, 5.74) is 1.31. The molecule has 0 spiro atoms. The third kappa shape index (κ3) is 3.35. The minimum atomic E-state index is 0.720. The minimum Gasteiger partial charge on any atom is -0.354 e. The molecule has 120 valence electrons. The summed E-state index contributed by atoms with van der Waals surface area (Å²) < 4.78 is 0. The fourth-order valence-electron chi connectivity index (χ4n) is 3.51. The Kier molecular flexibility index (Phi) is 4.22. The molecule has 5 heteroatoms. The Balaban J connectivity index is 1.23. The van der Waals surface area contributed by atoms with Gasteiger partial charge in [-0.15, -0.1) is 0 Å². The Hall–Kier alpha value is -1.98. The van der Waals surface area contributed by atoms with E-state index in [-0.39, 0.29) is 0 Å². The zero-order chi connectivity index (χ0) is 15.5. The van der Waals surface area contributed by atoms with E-state index < -0.39 is 0 Å². The smallest absolute Gasteiger partial charge is 0.128 e. The third-order valence-electron chi connectivity index (χ3n) is 4.87. The number of hydrogen-bond donors (Lipinski definition) is 0. The first-order valence-electron chi connectivity index (χ1n) is 8.40. The lowest BCUT2D eigenvalue weighted by molar-refractivity contribution is 0.0255. The first-order chi connectivity index (χ1) is 11.4. The number of piperazine rings is 1. The topological polar surface area (TPSA) is 35.5 Å². The molecule has 2 fully saturated rings. The van der Waals surface area contributed by atoms with E-state index >= 15 is 0 Å². The highest BCUT2D eigenvalue weighted by molar-refractivity contribution is 5.38. The third-order valence-corrected chi connectivity index (χ3v) is 4.87. The molecule has 2 aromatic heterocycles. The molecule has 4 rings (SSSR count). The maximum Gasteiger partial charge on any atom is 0.128 e. The molecule has 0 saturated carbocycles. The summed E-state index contributed by atoms with van der Waals surface area (Å²) in [6.07, 6.45) is 5.69. The van der Waals surface area contributed by atoms with Gasteiger partial charge in [0.2, 0.25) is 0 Å². The van der Waals surface area contributed by atoms with Gasteiger partial charge in [0.15, 0.2) is 0 Å². The lowest BCUT2D eigenvalue weighted by atomic mass is 10.0. The fourth-order valence-corrected chi connectivity index (χ4v) is 3.51. The van der Waals surface area contributed by atoms with Gasteiger partial charge in [-0.25, -0.2) is 4.98 Å². The van der Waals surface area contributed by atoms with Crippen LogP contribution in [0.5, 0.6) is 0 Å². The van der Waals surface area contributed by atoms with Crippen LogP contribution in [0.1, 0.15) is 5.56 Å². The van der Waals surface area contributed by atoms with Crippen molar-refractivity contribution in [2.45, 2.75) is 12.6 Å². The van der Waals surface area contributed by atoms with Crippen LogP contribution in [0.25, 0.3) is 0 Å². The van der Waals surface area contributed by atoms with Crippen LogP contribution in [0, 0.1) is 0 Å². The van der Waals surface area contributed by atoms with Crippen LogP contribution in [0.3, 0.4) is 0 Å². The molecule has 0 radical (unpaired) electrons. The number of hydrogen-bond acceptors (Lipinski definition) is 5. The molecular formula is C18H23N5. The molecule has 2 aliphatic rings. The predicted molar refractivity (Wildman–Crippen MR) is 91.3 cm³/mol. The molecule has 0 N–H and O–H groups in total. The van der Waals surface area contributed by atoms with Crippen LogP contribution >= 0.6 is 0 Å². The molecule has 2 saturated heterocycles. The van der Waals surface area contributed by atoms with Gasteiger partial charge in [0.05, 0.1) is 0 Å². The van der Waals surface area contributed by atoms with Crippen LogP contribution in [-0.2, 0) is 6.54 Å². The molecule has 0 unspecified atom stereocenters. The van der Waals surface area contributed by atoms with E-state index in [2.05, 4.69) is 42.9 Å². The number of anilines is 1. The second kappa shape index (κ2) is 6.64. The van der Waals surface area contributed by atoms with Gasteiger partial charge in [-0.3, -0.25) is 14.8 Å². The van der Waals surface area contributed by atoms with Crippen molar-refractivity contribution >= 4 is 5.82 Å². The molecular weight excluding hydrogens is 286 g/mol. The summed E-state index contributed by atoms with van der Waals surface area (Å²) in [5.74, 6) is 1.11. The van der Waals surface area contributed by atoms with Crippen LogP contribution in [0.2, 0.25) is 0 Å². The molecule has 23 heavy (non-hydrogen) atoms. The number of rotatable bonds is 4. The molecule has 4 heterocycles. The Bertz CT molecular complexity index is 604. The zero-order valence-electron chi connectivity index (χ0n) is 13.4. The van der Waals surface area contributed by atoms with Crippen molar-refractivity contribution in [2.75, 3.05) is 44.2 Å². The number of likely N-dealkylation sites (tertiary alicyclic amines) is 1. The Morgan fingerprint density at radius 2 is 1.83 bits per heavy atom. The molecule has 2 aliphatic heterocycles. The SMILES string of the molecule is c1ccc(N2CCN(C3CN(Cc4cccnc4)C3)CC2)nc1. The highest BCUT2D eigenvalue weighted by atomic mass is 15.4. The maximum atomic E-state index is 4.46. The first-order valence-corrected chi connectivity index (χ1v) is 8.40. The van der Waals surface area contributed by atoms with Gasteiger partial charge in [-0.1, -0.05) is 12.1 Å². The second-order valence-electron chi connectivity index (χ2n) is 6.42. The van der Waals surface area contributed by atoms with Gasteiger partial charge < -0.3 is 4.90 Å². The quantitative estimate of drug-likeness (QED) is 0.855. The van der Waals surface area contributed by atoms with E-state index in [1.807, 2.05) is 30.7 Å². The van der Waals surface area contributed by atoms with E-state index in [9.17, 15) is 0 Å². The Morgan fingerprint density at radius 1 is 0.957 bits per heavy atom. The molecule has 5 nitrogen and oxygen atoms in total. The van der Waals surface area contributed by atoms with Crippen LogP contribution in [-0.4, -0.2) is 65.1 Å². The van der Waals surface area contributed by atoms with Crippen molar-refractivity contribution in [3.63, 3.8) is 0 Å². The van der Waals surface area contributed by atoms with E-state index in [0.717, 1.165) is 44.6 Å². The van der Waals surface area contributed by atoms with Crippen molar-refractivity contribution in [1.82, 2.24) is 19.8 Å². The van der Waals surface area contributed by atoms with Gasteiger partial charge in [0.25, 0.3) is 0 Å². The standard InChI is InChI=1S/C18H23N5/c1-2-7-20-18(5-1)23-10-8-22(9-11-23)17-14-21(15-17)13-16-4-3-6-19-12-16/h1-7,12,17H,8-11,13-15H2. The lowest BCUT2D eigenvalue weighted by Gasteiger charge is -2.48. The van der Waals surface area contributed by atoms with Gasteiger partial charge in [0.1, 0.15) is 5.82 Å². The Morgan fingerprint density at radius 3 is 2.52 bits per heavy atom. The molecule has 0 aliphatic carbocycles. The van der Waals surface area contributed by atoms with Crippen molar-refractivity contribution in [2.24, 2.45) is 0 Å². The fraction of sp³-hybridized carbons (Fsp3) is 0.444. The summed E-state index contributed by atoms with van der Waals surface area (Å²) in [6.45, 7) is 7.82. The lowest BCUT2D eigenvalue weighted by Crippen LogP contribution is -2.62. The number of aromatic nitrogens is 2. The van der Waals surface area contributed by atoms with Crippen molar-refractivity contribution in [3.8, 4) is 0 Å². The van der Waals surface area contributed by atoms with Gasteiger partial charge in [-0.05, 0) is 23.8 Å². The normalized spacial score (nSPS) is 20.4. The number of pyridine rings is 2. The largest absolute Gasteiger partial charge is 0.354 e. The van der Waals surface area contributed by atoms with Crippen molar-refractivity contribution in [3.05, 3.63) is 54.5 Å². The van der Waals surface area contributed by atoms with Crippen LogP contribution < -0.4 is 4.90 Å². The molecule has 0 amide bonds. The van der Waals surface area contributed by atoms with Crippen LogP contribution in [0.4, 0.5) is 5.82 Å². The molecule has 0 bridgehead atoms. The summed E-state index contributed by atoms with van der Waals surface area (Å²) in [5, 5.41) is 0. The average Bonchev–Trinajstić information content (AvgIpc) is 2.60. The number of nitrogens with zero attached hydrogens (tertiary/aromatic N) is 5. The minimum absolute atomic E-state index is 0.720. The second-order valence-corrected chi connectivity index (χ2v) is 6.42. The highest BCUT2D eigenvalue weighted by Crippen LogP contribution is 2.20. The zero-order valence-corrected chi connectivity index (χ0v) is 13.4. The predicted octanol–water partition coefficient (Wildman–Crippen LogP) is 1.48. The van der Waals surface area contributed by atoms with Crippen LogP contribution in [0.15, 0.2) is 48.9 Å². The average molecular weight is 309 g/mol. The maximum absolute atomic E-state index is 4.46. The first kappa shape index (κ1) is 14.6.